The number of phenols is 1. The molecule has 1 rings (SSSR count). The van der Waals surface area contributed by atoms with Crippen molar-refractivity contribution in [3.63, 3.8) is 0 Å². The third-order valence-corrected chi connectivity index (χ3v) is 3.06. The van der Waals surface area contributed by atoms with Crippen molar-refractivity contribution in [1.29, 1.82) is 0 Å². The van der Waals surface area contributed by atoms with Crippen LogP contribution in [0.25, 0.3) is 6.08 Å². The number of allylic oxidation sites excluding steroid dienone is 1. The fourth-order valence-electron chi connectivity index (χ4n) is 1.88. The van der Waals surface area contributed by atoms with Crippen molar-refractivity contribution in [2.24, 2.45) is 11.1 Å². The standard InChI is InChI=1S/C14H18ClNO2/c1-3-4-10(2)7-12(16-18)8-11-5-6-14(17)13(15)9-11/h5-6,8-10,17H,3-4,7H2,1-2H3/b12-8+/t10-/m1/s1. The molecule has 0 heterocycles. The second-order valence-electron chi connectivity index (χ2n) is 4.54. The molecule has 18 heavy (non-hydrogen) atoms. The Morgan fingerprint density at radius 3 is 2.83 bits per heavy atom. The fourth-order valence-corrected chi connectivity index (χ4v) is 2.07. The minimum Gasteiger partial charge on any atom is -0.506 e. The number of halogens is 1. The third-order valence-electron chi connectivity index (χ3n) is 2.76. The molecule has 1 aromatic rings. The predicted molar refractivity (Wildman–Crippen MR) is 75.6 cm³/mol. The molecule has 98 valence electrons. The summed E-state index contributed by atoms with van der Waals surface area (Å²) >= 11 is 5.81. The van der Waals surface area contributed by atoms with E-state index in [0.29, 0.717) is 18.0 Å². The molecule has 0 fully saturated rings. The fraction of sp³-hybridized carbons (Fsp3) is 0.429. The smallest absolute Gasteiger partial charge is 0.134 e. The molecule has 0 saturated heterocycles. The Morgan fingerprint density at radius 1 is 1.56 bits per heavy atom. The second kappa shape index (κ2) is 7.17. The number of nitroso groups, excluding NO2 is 1. The molecule has 4 heteroatoms. The normalized spacial score (nSPS) is 13.4. The quantitative estimate of drug-likeness (QED) is 0.739. The summed E-state index contributed by atoms with van der Waals surface area (Å²) in [4.78, 5) is 10.8. The first-order valence-electron chi connectivity index (χ1n) is 6.09. The van der Waals surface area contributed by atoms with Gasteiger partial charge in [-0.25, -0.2) is 0 Å². The zero-order chi connectivity index (χ0) is 13.5. The van der Waals surface area contributed by atoms with E-state index in [0.717, 1.165) is 18.4 Å². The number of benzene rings is 1. The maximum atomic E-state index is 10.8. The Labute approximate surface area is 112 Å². The van der Waals surface area contributed by atoms with Crippen LogP contribution in [0.15, 0.2) is 29.1 Å². The average Bonchev–Trinajstić information content (AvgIpc) is 2.33. The molecule has 0 aliphatic rings. The van der Waals surface area contributed by atoms with E-state index in [9.17, 15) is 10.0 Å². The highest BCUT2D eigenvalue weighted by molar-refractivity contribution is 6.32. The summed E-state index contributed by atoms with van der Waals surface area (Å²) in [5, 5.41) is 12.6. The Morgan fingerprint density at radius 2 is 2.28 bits per heavy atom. The van der Waals surface area contributed by atoms with Gasteiger partial charge in [-0.2, -0.15) is 0 Å². The molecule has 1 atom stereocenters. The van der Waals surface area contributed by atoms with Gasteiger partial charge in [0.2, 0.25) is 0 Å². The van der Waals surface area contributed by atoms with Crippen molar-refractivity contribution in [2.75, 3.05) is 0 Å². The summed E-state index contributed by atoms with van der Waals surface area (Å²) in [6.07, 6.45) is 4.54. The van der Waals surface area contributed by atoms with Gasteiger partial charge in [-0.3, -0.25) is 0 Å². The summed E-state index contributed by atoms with van der Waals surface area (Å²) < 4.78 is 0. The van der Waals surface area contributed by atoms with E-state index < -0.39 is 0 Å². The maximum absolute atomic E-state index is 10.8. The van der Waals surface area contributed by atoms with Gasteiger partial charge in [0.15, 0.2) is 0 Å². The molecule has 3 nitrogen and oxygen atoms in total. The molecular weight excluding hydrogens is 250 g/mol. The van der Waals surface area contributed by atoms with Crippen molar-refractivity contribution in [3.8, 4) is 5.75 Å². The van der Waals surface area contributed by atoms with E-state index >= 15 is 0 Å². The highest BCUT2D eigenvalue weighted by Gasteiger charge is 2.06. The van der Waals surface area contributed by atoms with E-state index in [4.69, 9.17) is 11.6 Å². The first-order valence-corrected chi connectivity index (χ1v) is 6.47. The lowest BCUT2D eigenvalue weighted by Gasteiger charge is -2.08. The lowest BCUT2D eigenvalue weighted by atomic mass is 9.99. The maximum Gasteiger partial charge on any atom is 0.134 e. The number of rotatable bonds is 6. The van der Waals surface area contributed by atoms with Crippen LogP contribution in [0.2, 0.25) is 5.02 Å². The Balaban J connectivity index is 2.83. The molecule has 0 saturated carbocycles. The Bertz CT molecular complexity index is 443. The van der Waals surface area contributed by atoms with E-state index in [1.807, 2.05) is 0 Å². The minimum atomic E-state index is 0.0359. The van der Waals surface area contributed by atoms with Crippen LogP contribution < -0.4 is 0 Å². The van der Waals surface area contributed by atoms with Crippen LogP contribution in [0.1, 0.15) is 38.7 Å². The van der Waals surface area contributed by atoms with Crippen LogP contribution in [0.4, 0.5) is 0 Å². The lowest BCUT2D eigenvalue weighted by molar-refractivity contribution is 0.475. The van der Waals surface area contributed by atoms with Gasteiger partial charge in [0.1, 0.15) is 5.75 Å². The van der Waals surface area contributed by atoms with Gasteiger partial charge in [0, 0.05) is 0 Å². The van der Waals surface area contributed by atoms with Gasteiger partial charge in [-0.15, -0.1) is 4.91 Å². The minimum absolute atomic E-state index is 0.0359. The van der Waals surface area contributed by atoms with Crippen LogP contribution in [0.3, 0.4) is 0 Å². The molecule has 0 aliphatic heterocycles. The third kappa shape index (κ3) is 4.49. The summed E-state index contributed by atoms with van der Waals surface area (Å²) in [5.41, 5.74) is 1.29. The molecule has 0 aliphatic carbocycles. The number of nitrogens with zero attached hydrogens (tertiary/aromatic N) is 1. The largest absolute Gasteiger partial charge is 0.506 e. The van der Waals surface area contributed by atoms with E-state index in [-0.39, 0.29) is 10.8 Å². The van der Waals surface area contributed by atoms with E-state index in [1.54, 1.807) is 18.2 Å². The summed E-state index contributed by atoms with van der Waals surface area (Å²) in [7, 11) is 0. The first kappa shape index (κ1) is 14.7. The number of phenolic OH excluding ortho intramolecular Hbond substituents is 1. The zero-order valence-electron chi connectivity index (χ0n) is 10.7. The topological polar surface area (TPSA) is 49.7 Å². The highest BCUT2D eigenvalue weighted by atomic mass is 35.5. The number of hydrogen-bond donors (Lipinski definition) is 1. The van der Waals surface area contributed by atoms with Crippen LogP contribution in [-0.2, 0) is 0 Å². The van der Waals surface area contributed by atoms with Crippen LogP contribution in [0.5, 0.6) is 5.75 Å². The molecular formula is C14H18ClNO2. The van der Waals surface area contributed by atoms with Gasteiger partial charge in [-0.1, -0.05) is 44.4 Å². The van der Waals surface area contributed by atoms with Gasteiger partial charge in [0.25, 0.3) is 0 Å². The van der Waals surface area contributed by atoms with Crippen molar-refractivity contribution in [1.82, 2.24) is 0 Å². The summed E-state index contributed by atoms with van der Waals surface area (Å²) in [6, 6.07) is 4.83. The molecule has 0 bridgehead atoms. The molecule has 0 amide bonds. The lowest BCUT2D eigenvalue weighted by Crippen LogP contribution is -1.95. The second-order valence-corrected chi connectivity index (χ2v) is 4.94. The van der Waals surface area contributed by atoms with Crippen molar-refractivity contribution < 1.29 is 5.11 Å². The van der Waals surface area contributed by atoms with E-state index in [2.05, 4.69) is 19.0 Å². The highest BCUT2D eigenvalue weighted by Crippen LogP contribution is 2.26. The monoisotopic (exact) mass is 267 g/mol. The molecule has 0 aromatic heterocycles. The molecule has 1 aromatic carbocycles. The van der Waals surface area contributed by atoms with E-state index in [1.165, 1.54) is 6.07 Å². The number of hydrogen-bond acceptors (Lipinski definition) is 3. The predicted octanol–water partition coefficient (Wildman–Crippen LogP) is 4.98. The van der Waals surface area contributed by atoms with Gasteiger partial charge >= 0.3 is 0 Å². The summed E-state index contributed by atoms with van der Waals surface area (Å²) in [5.74, 6) is 0.473. The van der Waals surface area contributed by atoms with Crippen molar-refractivity contribution in [3.05, 3.63) is 39.4 Å². The van der Waals surface area contributed by atoms with Crippen LogP contribution in [0, 0.1) is 10.8 Å². The Kier molecular flexibility index (Phi) is 5.86. The van der Waals surface area contributed by atoms with Crippen molar-refractivity contribution in [2.45, 2.75) is 33.1 Å². The number of aromatic hydroxyl groups is 1. The molecule has 1 N–H and O–H groups in total. The average molecular weight is 268 g/mol. The van der Waals surface area contributed by atoms with Gasteiger partial charge < -0.3 is 5.11 Å². The zero-order valence-corrected chi connectivity index (χ0v) is 11.4. The van der Waals surface area contributed by atoms with Crippen LogP contribution >= 0.6 is 11.6 Å². The van der Waals surface area contributed by atoms with Crippen LogP contribution in [-0.4, -0.2) is 5.11 Å². The first-order chi connectivity index (χ1) is 8.56. The molecule has 0 spiro atoms. The summed E-state index contributed by atoms with van der Waals surface area (Å²) in [6.45, 7) is 4.22. The Hall–Kier alpha value is -1.35. The van der Waals surface area contributed by atoms with Gasteiger partial charge in [0.05, 0.1) is 10.7 Å². The SMILES string of the molecule is CCC[C@@H](C)C/C(=C\c1ccc(O)c(Cl)c1)N=O. The van der Waals surface area contributed by atoms with Crippen molar-refractivity contribution >= 4 is 17.7 Å². The molecule has 0 radical (unpaired) electrons. The molecule has 0 unspecified atom stereocenters. The van der Waals surface area contributed by atoms with Gasteiger partial charge in [-0.05, 0) is 41.3 Å².